The lowest BCUT2D eigenvalue weighted by atomic mass is 9.82. The molecule has 5 rings (SSSR count). The Morgan fingerprint density at radius 2 is 1.84 bits per heavy atom. The van der Waals surface area contributed by atoms with E-state index in [1.165, 1.54) is 12.5 Å². The number of hydrogen-bond donors (Lipinski definition) is 3. The number of pyridine rings is 2. The van der Waals surface area contributed by atoms with Gasteiger partial charge in [-0.2, -0.15) is 5.10 Å². The van der Waals surface area contributed by atoms with Crippen LogP contribution in [0.3, 0.4) is 0 Å². The number of sulfone groups is 1. The van der Waals surface area contributed by atoms with Gasteiger partial charge >= 0.3 is 6.09 Å². The molecule has 0 saturated carbocycles. The molecule has 2 fully saturated rings. The van der Waals surface area contributed by atoms with Gasteiger partial charge in [0.05, 0.1) is 10.4 Å². The van der Waals surface area contributed by atoms with E-state index in [9.17, 15) is 13.2 Å². The number of ether oxygens (including phenoxy) is 1. The molecule has 1 amide bonds. The molecule has 3 N–H and O–H groups in total. The Kier molecular flexibility index (Phi) is 6.70. The molecule has 3 aromatic rings. The van der Waals surface area contributed by atoms with Gasteiger partial charge in [-0.05, 0) is 65.9 Å². The third kappa shape index (κ3) is 5.69. The van der Waals surface area contributed by atoms with Crippen LogP contribution in [0.1, 0.15) is 58.6 Å². The highest BCUT2D eigenvalue weighted by molar-refractivity contribution is 7.90. The fraction of sp³-hybridized carbons (Fsp3) is 0.538. The van der Waals surface area contributed by atoms with Gasteiger partial charge in [-0.25, -0.2) is 18.2 Å². The third-order valence-electron chi connectivity index (χ3n) is 6.96. The molecule has 2 aliphatic rings. The molecule has 5 heterocycles. The number of carbonyl (C=O) groups excluding carboxylic acids is 1. The third-order valence-corrected chi connectivity index (χ3v) is 8.04. The number of piperidine rings is 2. The number of fused-ring (bicyclic) bond motifs is 3. The molecule has 0 unspecified atom stereocenters. The van der Waals surface area contributed by atoms with Crippen LogP contribution >= 0.6 is 0 Å². The first-order valence-corrected chi connectivity index (χ1v) is 14.8. The molecular weight excluding hydrogens is 506 g/mol. The molecule has 0 spiro atoms. The van der Waals surface area contributed by atoms with E-state index < -0.39 is 15.4 Å². The number of rotatable bonds is 5. The second-order valence-electron chi connectivity index (χ2n) is 11.4. The van der Waals surface area contributed by atoms with Crippen molar-refractivity contribution in [3.63, 3.8) is 0 Å². The number of H-pyrrole nitrogens is 1. The Labute approximate surface area is 222 Å². The van der Waals surface area contributed by atoms with Crippen molar-refractivity contribution in [1.82, 2.24) is 25.1 Å². The highest BCUT2D eigenvalue weighted by Crippen LogP contribution is 2.37. The molecule has 2 saturated heterocycles. The fourth-order valence-corrected chi connectivity index (χ4v) is 5.97. The van der Waals surface area contributed by atoms with Crippen molar-refractivity contribution in [1.29, 1.82) is 0 Å². The fourth-order valence-electron chi connectivity index (χ4n) is 5.40. The second kappa shape index (κ2) is 9.72. The molecule has 12 heteroatoms. The standard InChI is InChI=1S/C26H35N7O4S/c1-15-9-23(32-31-15)29-22-13-21-20(12-19(14-27-21)38(5,35)36)24(30-22)28-16-10-17-7-6-8-18(11-16)33(17)25(34)37-26(2,3)4/h9,12-14,16-18H,6-8,10-11H2,1-5H3,(H3,28,29,30,31,32)/t16-,17-,18+. The molecule has 2 bridgehead atoms. The maximum absolute atomic E-state index is 13.0. The number of aromatic amines is 1. The molecule has 3 atom stereocenters. The molecule has 3 aromatic heterocycles. The van der Waals surface area contributed by atoms with Crippen molar-refractivity contribution in [2.24, 2.45) is 0 Å². The SMILES string of the molecule is Cc1cc(Nc2cc3ncc(S(C)(=O)=O)cc3c(N[C@@H]3C[C@H]4CCC[C@@H](C3)N4C(=O)OC(C)(C)C)n2)n[nH]1. The molecule has 11 nitrogen and oxygen atoms in total. The average Bonchev–Trinajstić information content (AvgIpc) is 3.20. The zero-order valence-electron chi connectivity index (χ0n) is 22.4. The molecular formula is C26H35N7O4S. The summed E-state index contributed by atoms with van der Waals surface area (Å²) in [7, 11) is -3.45. The van der Waals surface area contributed by atoms with Gasteiger partial charge in [0, 0.05) is 53.8 Å². The largest absolute Gasteiger partial charge is 0.444 e. The number of carbonyl (C=O) groups is 1. The lowest BCUT2D eigenvalue weighted by Crippen LogP contribution is -2.58. The van der Waals surface area contributed by atoms with E-state index in [-0.39, 0.29) is 29.1 Å². The summed E-state index contributed by atoms with van der Waals surface area (Å²) in [5.74, 6) is 1.70. The summed E-state index contributed by atoms with van der Waals surface area (Å²) in [4.78, 5) is 24.3. The molecule has 2 aliphatic heterocycles. The van der Waals surface area contributed by atoms with E-state index >= 15 is 0 Å². The highest BCUT2D eigenvalue weighted by Gasteiger charge is 2.42. The Morgan fingerprint density at radius 1 is 1.13 bits per heavy atom. The lowest BCUT2D eigenvalue weighted by Gasteiger charge is -2.48. The number of aromatic nitrogens is 4. The second-order valence-corrected chi connectivity index (χ2v) is 13.4. The summed E-state index contributed by atoms with van der Waals surface area (Å²) < 4.78 is 30.2. The van der Waals surface area contributed by atoms with Crippen molar-refractivity contribution in [2.45, 2.75) is 88.4 Å². The van der Waals surface area contributed by atoms with Crippen LogP contribution in [0.2, 0.25) is 0 Å². The van der Waals surface area contributed by atoms with Crippen LogP contribution in [0.5, 0.6) is 0 Å². The number of nitrogens with one attached hydrogen (secondary N) is 3. The minimum atomic E-state index is -3.45. The summed E-state index contributed by atoms with van der Waals surface area (Å²) in [6.45, 7) is 7.56. The topological polar surface area (TPSA) is 142 Å². The van der Waals surface area contributed by atoms with Crippen LogP contribution in [-0.2, 0) is 14.6 Å². The Hall–Kier alpha value is -3.41. The number of nitrogens with zero attached hydrogens (tertiary/aromatic N) is 4. The van der Waals surface area contributed by atoms with Crippen molar-refractivity contribution >= 4 is 44.3 Å². The monoisotopic (exact) mass is 541 g/mol. The zero-order chi connectivity index (χ0) is 27.2. The van der Waals surface area contributed by atoms with Gasteiger partial charge < -0.3 is 20.3 Å². The van der Waals surface area contributed by atoms with Crippen LogP contribution in [0.15, 0.2) is 29.3 Å². The Morgan fingerprint density at radius 3 is 2.45 bits per heavy atom. The van der Waals surface area contributed by atoms with Gasteiger partial charge in [-0.15, -0.1) is 0 Å². The van der Waals surface area contributed by atoms with Gasteiger partial charge in [-0.3, -0.25) is 10.1 Å². The predicted molar refractivity (Wildman–Crippen MR) is 145 cm³/mol. The van der Waals surface area contributed by atoms with E-state index in [2.05, 4.69) is 25.8 Å². The summed E-state index contributed by atoms with van der Waals surface area (Å²) >= 11 is 0. The number of amides is 1. The molecule has 204 valence electrons. The van der Waals surface area contributed by atoms with E-state index in [0.717, 1.165) is 37.8 Å². The van der Waals surface area contributed by atoms with E-state index in [4.69, 9.17) is 9.72 Å². The van der Waals surface area contributed by atoms with Gasteiger partial charge in [0.15, 0.2) is 15.7 Å². The summed E-state index contributed by atoms with van der Waals surface area (Å²) in [6, 6.07) is 5.44. The van der Waals surface area contributed by atoms with Crippen LogP contribution < -0.4 is 10.6 Å². The van der Waals surface area contributed by atoms with Gasteiger partial charge in [0.1, 0.15) is 17.2 Å². The first kappa shape index (κ1) is 26.2. The Bertz CT molecular complexity index is 1450. The van der Waals surface area contributed by atoms with Crippen LogP contribution in [0.4, 0.5) is 22.2 Å². The molecule has 0 radical (unpaired) electrons. The molecule has 38 heavy (non-hydrogen) atoms. The lowest BCUT2D eigenvalue weighted by molar-refractivity contribution is -0.0199. The highest BCUT2D eigenvalue weighted by atomic mass is 32.2. The molecule has 0 aromatic carbocycles. The predicted octanol–water partition coefficient (Wildman–Crippen LogP) is 4.54. The summed E-state index contributed by atoms with van der Waals surface area (Å²) in [6.07, 6.45) is 6.68. The van der Waals surface area contributed by atoms with Crippen LogP contribution in [0.25, 0.3) is 10.9 Å². The summed E-state index contributed by atoms with van der Waals surface area (Å²) in [5, 5.41) is 14.5. The maximum atomic E-state index is 13.0. The van der Waals surface area contributed by atoms with Crippen molar-refractivity contribution in [3.8, 4) is 0 Å². The first-order chi connectivity index (χ1) is 17.9. The zero-order valence-corrected chi connectivity index (χ0v) is 23.2. The van der Waals surface area contributed by atoms with Gasteiger partial charge in [0.2, 0.25) is 0 Å². The maximum Gasteiger partial charge on any atom is 0.410 e. The minimum absolute atomic E-state index is 0.0458. The van der Waals surface area contributed by atoms with E-state index in [1.807, 2.05) is 38.7 Å². The van der Waals surface area contributed by atoms with Crippen molar-refractivity contribution in [2.75, 3.05) is 16.9 Å². The van der Waals surface area contributed by atoms with E-state index in [0.29, 0.717) is 28.4 Å². The number of hydrogen-bond acceptors (Lipinski definition) is 9. The van der Waals surface area contributed by atoms with Gasteiger partial charge in [0.25, 0.3) is 0 Å². The Balaban J connectivity index is 1.46. The van der Waals surface area contributed by atoms with E-state index in [1.54, 1.807) is 12.1 Å². The van der Waals surface area contributed by atoms with Crippen molar-refractivity contribution < 1.29 is 17.9 Å². The van der Waals surface area contributed by atoms with Gasteiger partial charge in [-0.1, -0.05) is 0 Å². The molecule has 0 aliphatic carbocycles. The minimum Gasteiger partial charge on any atom is -0.444 e. The quantitative estimate of drug-likeness (QED) is 0.424. The summed E-state index contributed by atoms with van der Waals surface area (Å²) in [5.41, 5.74) is 0.968. The smallest absolute Gasteiger partial charge is 0.410 e. The van der Waals surface area contributed by atoms with Crippen molar-refractivity contribution in [3.05, 3.63) is 30.1 Å². The number of anilines is 3. The van der Waals surface area contributed by atoms with Crippen LogP contribution in [-0.4, -0.2) is 69.6 Å². The normalized spacial score (nSPS) is 21.8. The first-order valence-electron chi connectivity index (χ1n) is 12.9. The van der Waals surface area contributed by atoms with Crippen LogP contribution in [0, 0.1) is 6.92 Å². The number of aryl methyl sites for hydroxylation is 1. The average molecular weight is 542 g/mol.